The number of para-hydroxylation sites is 1. The number of rotatable bonds is 8. The Labute approximate surface area is 193 Å². The number of amides is 2. The van der Waals surface area contributed by atoms with Gasteiger partial charge in [0, 0.05) is 31.7 Å². The van der Waals surface area contributed by atoms with E-state index in [0.717, 1.165) is 12.8 Å². The summed E-state index contributed by atoms with van der Waals surface area (Å²) in [6, 6.07) is 9.73. The standard InChI is InChI=1S/C24H29ClN2O5/c1-3-5-14-32-22-19(25)15-17(16-21(22)31-4-2)23(29)26-10-12-27(13-11-26)24(30)18-8-6-7-9-20(18)28/h6-9,15-16,28H,3-5,10-14H2,1-2H3. The second-order valence-corrected chi connectivity index (χ2v) is 7.93. The number of hydrogen-bond donors (Lipinski definition) is 1. The molecule has 32 heavy (non-hydrogen) atoms. The van der Waals surface area contributed by atoms with Crippen molar-refractivity contribution in [2.75, 3.05) is 39.4 Å². The highest BCUT2D eigenvalue weighted by molar-refractivity contribution is 6.32. The van der Waals surface area contributed by atoms with Gasteiger partial charge in [0.05, 0.1) is 23.8 Å². The van der Waals surface area contributed by atoms with Crippen molar-refractivity contribution in [3.63, 3.8) is 0 Å². The van der Waals surface area contributed by atoms with E-state index in [9.17, 15) is 14.7 Å². The first-order chi connectivity index (χ1) is 15.5. The molecule has 0 unspecified atom stereocenters. The largest absolute Gasteiger partial charge is 0.507 e. The molecule has 7 nitrogen and oxygen atoms in total. The van der Waals surface area contributed by atoms with Gasteiger partial charge in [-0.3, -0.25) is 9.59 Å². The molecule has 1 saturated heterocycles. The molecule has 8 heteroatoms. The number of carbonyl (C=O) groups excluding carboxylic acids is 2. The molecule has 0 spiro atoms. The molecule has 0 radical (unpaired) electrons. The van der Waals surface area contributed by atoms with Crippen LogP contribution in [0.1, 0.15) is 47.4 Å². The van der Waals surface area contributed by atoms with E-state index >= 15 is 0 Å². The van der Waals surface area contributed by atoms with E-state index in [0.29, 0.717) is 61.5 Å². The Morgan fingerprint density at radius 2 is 1.66 bits per heavy atom. The number of nitrogens with zero attached hydrogens (tertiary/aromatic N) is 2. The summed E-state index contributed by atoms with van der Waals surface area (Å²) < 4.78 is 11.5. The Bertz CT molecular complexity index is 957. The number of phenols is 1. The Morgan fingerprint density at radius 3 is 2.28 bits per heavy atom. The van der Waals surface area contributed by atoms with Crippen molar-refractivity contribution in [2.45, 2.75) is 26.7 Å². The van der Waals surface area contributed by atoms with E-state index in [4.69, 9.17) is 21.1 Å². The van der Waals surface area contributed by atoms with E-state index in [2.05, 4.69) is 6.92 Å². The maximum atomic E-state index is 13.1. The zero-order chi connectivity index (χ0) is 23.1. The van der Waals surface area contributed by atoms with Crippen LogP contribution < -0.4 is 9.47 Å². The van der Waals surface area contributed by atoms with E-state index in [1.165, 1.54) is 6.07 Å². The molecule has 172 valence electrons. The monoisotopic (exact) mass is 460 g/mol. The lowest BCUT2D eigenvalue weighted by Crippen LogP contribution is -2.50. The van der Waals surface area contributed by atoms with Gasteiger partial charge in [0.25, 0.3) is 11.8 Å². The van der Waals surface area contributed by atoms with Crippen molar-refractivity contribution >= 4 is 23.4 Å². The average Bonchev–Trinajstić information content (AvgIpc) is 2.80. The lowest BCUT2D eigenvalue weighted by molar-refractivity contribution is 0.0533. The van der Waals surface area contributed by atoms with Gasteiger partial charge in [-0.1, -0.05) is 37.1 Å². The number of piperazine rings is 1. The third-order valence-corrected chi connectivity index (χ3v) is 5.57. The summed E-state index contributed by atoms with van der Waals surface area (Å²) in [5.74, 6) is 0.438. The third kappa shape index (κ3) is 5.46. The van der Waals surface area contributed by atoms with Crippen LogP contribution in [0.2, 0.25) is 5.02 Å². The van der Waals surface area contributed by atoms with Gasteiger partial charge >= 0.3 is 0 Å². The average molecular weight is 461 g/mol. The van der Waals surface area contributed by atoms with Crippen LogP contribution in [0.5, 0.6) is 17.2 Å². The summed E-state index contributed by atoms with van der Waals surface area (Å²) in [6.45, 7) is 6.40. The van der Waals surface area contributed by atoms with Crippen LogP contribution in [0.15, 0.2) is 36.4 Å². The van der Waals surface area contributed by atoms with Crippen LogP contribution in [0.3, 0.4) is 0 Å². The minimum Gasteiger partial charge on any atom is -0.507 e. The molecule has 3 rings (SSSR count). The van der Waals surface area contributed by atoms with Crippen LogP contribution in [-0.4, -0.2) is 66.1 Å². The van der Waals surface area contributed by atoms with E-state index in [1.54, 1.807) is 40.1 Å². The van der Waals surface area contributed by atoms with Crippen LogP contribution >= 0.6 is 11.6 Å². The van der Waals surface area contributed by atoms with Crippen molar-refractivity contribution in [2.24, 2.45) is 0 Å². The fourth-order valence-corrected chi connectivity index (χ4v) is 3.80. The van der Waals surface area contributed by atoms with Crippen molar-refractivity contribution < 1.29 is 24.2 Å². The van der Waals surface area contributed by atoms with Crippen LogP contribution in [0, 0.1) is 0 Å². The number of hydrogen-bond acceptors (Lipinski definition) is 5. The highest BCUT2D eigenvalue weighted by atomic mass is 35.5. The fourth-order valence-electron chi connectivity index (χ4n) is 3.53. The molecule has 1 heterocycles. The van der Waals surface area contributed by atoms with Crippen LogP contribution in [0.4, 0.5) is 0 Å². The van der Waals surface area contributed by atoms with Gasteiger partial charge in [-0.15, -0.1) is 0 Å². The van der Waals surface area contributed by atoms with Gasteiger partial charge in [0.2, 0.25) is 0 Å². The normalized spacial score (nSPS) is 13.7. The molecule has 0 atom stereocenters. The second-order valence-electron chi connectivity index (χ2n) is 7.52. The molecule has 0 aromatic heterocycles. The third-order valence-electron chi connectivity index (χ3n) is 5.29. The summed E-state index contributed by atoms with van der Waals surface area (Å²) in [4.78, 5) is 29.1. The van der Waals surface area contributed by atoms with Crippen molar-refractivity contribution in [3.05, 3.63) is 52.5 Å². The first-order valence-electron chi connectivity index (χ1n) is 10.9. The van der Waals surface area contributed by atoms with E-state index in [-0.39, 0.29) is 23.1 Å². The maximum Gasteiger partial charge on any atom is 0.257 e. The van der Waals surface area contributed by atoms with Crippen molar-refractivity contribution in [1.29, 1.82) is 0 Å². The highest BCUT2D eigenvalue weighted by Crippen LogP contribution is 2.37. The number of carbonyl (C=O) groups is 2. The van der Waals surface area contributed by atoms with Crippen LogP contribution in [0.25, 0.3) is 0 Å². The quantitative estimate of drug-likeness (QED) is 0.596. The minimum absolute atomic E-state index is 0.0460. The van der Waals surface area contributed by atoms with E-state index < -0.39 is 0 Å². The van der Waals surface area contributed by atoms with Crippen molar-refractivity contribution in [1.82, 2.24) is 9.80 Å². The topological polar surface area (TPSA) is 79.3 Å². The highest BCUT2D eigenvalue weighted by Gasteiger charge is 2.27. The van der Waals surface area contributed by atoms with Gasteiger partial charge in [-0.05, 0) is 37.6 Å². The Morgan fingerprint density at radius 1 is 1.00 bits per heavy atom. The molecular weight excluding hydrogens is 432 g/mol. The summed E-state index contributed by atoms with van der Waals surface area (Å²) in [6.07, 6.45) is 1.89. The lowest BCUT2D eigenvalue weighted by Gasteiger charge is -2.35. The number of aromatic hydroxyl groups is 1. The molecule has 0 aliphatic carbocycles. The minimum atomic E-state index is -0.245. The van der Waals surface area contributed by atoms with Gasteiger partial charge in [-0.25, -0.2) is 0 Å². The molecule has 0 bridgehead atoms. The van der Waals surface area contributed by atoms with Gasteiger partial charge in [-0.2, -0.15) is 0 Å². The first kappa shape index (κ1) is 23.7. The zero-order valence-corrected chi connectivity index (χ0v) is 19.2. The van der Waals surface area contributed by atoms with Gasteiger partial charge in [0.1, 0.15) is 5.75 Å². The zero-order valence-electron chi connectivity index (χ0n) is 18.5. The number of phenolic OH excluding ortho intramolecular Hbond substituents is 1. The summed E-state index contributed by atoms with van der Waals surface area (Å²) in [5, 5.41) is 10.3. The van der Waals surface area contributed by atoms with Crippen molar-refractivity contribution in [3.8, 4) is 17.2 Å². The predicted molar refractivity (Wildman–Crippen MR) is 123 cm³/mol. The molecule has 2 aromatic rings. The summed E-state index contributed by atoms with van der Waals surface area (Å²) >= 11 is 6.43. The Balaban J connectivity index is 1.69. The van der Waals surface area contributed by atoms with E-state index in [1.807, 2.05) is 6.92 Å². The summed E-state index contributed by atoms with van der Waals surface area (Å²) in [7, 11) is 0. The number of ether oxygens (including phenoxy) is 2. The first-order valence-corrected chi connectivity index (χ1v) is 11.3. The molecule has 2 aromatic carbocycles. The summed E-state index contributed by atoms with van der Waals surface area (Å²) in [5.41, 5.74) is 0.681. The molecular formula is C24H29ClN2O5. The Kier molecular flexibility index (Phi) is 8.22. The maximum absolute atomic E-state index is 13.1. The van der Waals surface area contributed by atoms with Gasteiger partial charge in [0.15, 0.2) is 11.5 Å². The van der Waals surface area contributed by atoms with Crippen LogP contribution in [-0.2, 0) is 0 Å². The molecule has 1 fully saturated rings. The molecule has 1 aliphatic rings. The Hall–Kier alpha value is -2.93. The SMILES string of the molecule is CCCCOc1c(Cl)cc(C(=O)N2CCN(C(=O)c3ccccc3O)CC2)cc1OCC. The number of unbranched alkanes of at least 4 members (excludes halogenated alkanes) is 1. The molecule has 1 aliphatic heterocycles. The lowest BCUT2D eigenvalue weighted by atomic mass is 10.1. The molecule has 2 amide bonds. The fraction of sp³-hybridized carbons (Fsp3) is 0.417. The predicted octanol–water partition coefficient (Wildman–Crippen LogP) is 4.22. The van der Waals surface area contributed by atoms with Gasteiger partial charge < -0.3 is 24.4 Å². The molecule has 1 N–H and O–H groups in total. The number of benzene rings is 2. The number of halogens is 1. The second kappa shape index (κ2) is 11.1. The molecule has 0 saturated carbocycles. The smallest absolute Gasteiger partial charge is 0.257 e.